The molecule has 0 bridgehead atoms. The van der Waals surface area contributed by atoms with Gasteiger partial charge in [0.1, 0.15) is 5.75 Å². The summed E-state index contributed by atoms with van der Waals surface area (Å²) in [5.74, 6) is -0.0690. The molecule has 0 fully saturated rings. The number of hydrogen-bond acceptors (Lipinski definition) is 4. The summed E-state index contributed by atoms with van der Waals surface area (Å²) < 4.78 is 6.03. The highest BCUT2D eigenvalue weighted by Gasteiger charge is 2.27. The molecule has 4 nitrogen and oxygen atoms in total. The van der Waals surface area contributed by atoms with Gasteiger partial charge in [0.05, 0.1) is 20.4 Å². The number of halogens is 2. The number of hydrogen-bond donors (Lipinski definition) is 2. The van der Waals surface area contributed by atoms with Gasteiger partial charge in [-0.1, -0.05) is 23.7 Å². The van der Waals surface area contributed by atoms with Gasteiger partial charge in [-0.15, -0.1) is 0 Å². The van der Waals surface area contributed by atoms with E-state index in [4.69, 9.17) is 16.0 Å². The van der Waals surface area contributed by atoms with Gasteiger partial charge in [-0.2, -0.15) is 0 Å². The lowest BCUT2D eigenvalue weighted by Crippen LogP contribution is -2.31. The highest BCUT2D eigenvalue weighted by molar-refractivity contribution is 9.10. The quantitative estimate of drug-likeness (QED) is 0.363. The summed E-state index contributed by atoms with van der Waals surface area (Å²) in [6.07, 6.45) is 2.08. The van der Waals surface area contributed by atoms with Gasteiger partial charge in [-0.3, -0.25) is 0 Å². The molecule has 0 unspecified atom stereocenters. The molecule has 2 N–H and O–H groups in total. The van der Waals surface area contributed by atoms with Crippen molar-refractivity contribution in [1.82, 2.24) is 0 Å². The summed E-state index contributed by atoms with van der Waals surface area (Å²) in [4.78, 5) is 12.8. The van der Waals surface area contributed by atoms with Crippen LogP contribution in [0.3, 0.4) is 0 Å². The third-order valence-corrected chi connectivity index (χ3v) is 5.43. The van der Waals surface area contributed by atoms with Crippen LogP contribution in [-0.4, -0.2) is 10.6 Å². The van der Waals surface area contributed by atoms with E-state index in [1.165, 1.54) is 6.07 Å². The number of fused-ring (bicyclic) bond motifs is 5. The van der Waals surface area contributed by atoms with Crippen LogP contribution in [0.2, 0.25) is 5.02 Å². The summed E-state index contributed by atoms with van der Waals surface area (Å²) in [7, 11) is 0. The minimum atomic E-state index is -0.434. The molecule has 3 aromatic rings. The fourth-order valence-corrected chi connectivity index (χ4v) is 4.35. The molecule has 0 amide bonds. The highest BCUT2D eigenvalue weighted by Crippen LogP contribution is 2.43. The van der Waals surface area contributed by atoms with Crippen LogP contribution in [0.5, 0.6) is 5.75 Å². The predicted molar refractivity (Wildman–Crippen MR) is 106 cm³/mol. The Morgan fingerprint density at radius 2 is 2.00 bits per heavy atom. The van der Waals surface area contributed by atoms with E-state index in [2.05, 4.69) is 41.2 Å². The number of anilines is 1. The lowest BCUT2D eigenvalue weighted by Gasteiger charge is -2.32. The first-order valence-corrected chi connectivity index (χ1v) is 8.95. The van der Waals surface area contributed by atoms with Crippen LogP contribution in [0.4, 0.5) is 5.69 Å². The SMILES string of the molecule is CC1=CC(C)(C)Nc2ccc3c(c21)c(=O)oc1c(Br)cc(O)c(Cl)c13. The second-order valence-electron chi connectivity index (χ2n) is 6.87. The van der Waals surface area contributed by atoms with Crippen molar-refractivity contribution in [1.29, 1.82) is 0 Å². The smallest absolute Gasteiger partial charge is 0.344 e. The Morgan fingerprint density at radius 3 is 2.72 bits per heavy atom. The van der Waals surface area contributed by atoms with Crippen molar-refractivity contribution in [3.8, 4) is 5.75 Å². The van der Waals surface area contributed by atoms with E-state index in [-0.39, 0.29) is 16.3 Å². The molecule has 0 aliphatic carbocycles. The monoisotopic (exact) mass is 419 g/mol. The molecule has 1 aliphatic rings. The zero-order valence-electron chi connectivity index (χ0n) is 13.8. The van der Waals surface area contributed by atoms with Gasteiger partial charge < -0.3 is 14.8 Å². The van der Waals surface area contributed by atoms with Crippen LogP contribution in [0.1, 0.15) is 26.3 Å². The maximum Gasteiger partial charge on any atom is 0.344 e. The molecule has 128 valence electrons. The van der Waals surface area contributed by atoms with Gasteiger partial charge in [-0.25, -0.2) is 4.79 Å². The first kappa shape index (κ1) is 16.5. The Hall–Kier alpha value is -1.98. The maximum absolute atomic E-state index is 12.8. The molecule has 6 heteroatoms. The molecular weight excluding hydrogens is 406 g/mol. The van der Waals surface area contributed by atoms with Crippen LogP contribution in [-0.2, 0) is 0 Å². The van der Waals surface area contributed by atoms with E-state index < -0.39 is 5.63 Å². The minimum Gasteiger partial charge on any atom is -0.506 e. The third-order valence-electron chi connectivity index (χ3n) is 4.45. The summed E-state index contributed by atoms with van der Waals surface area (Å²) in [6, 6.07) is 5.20. The van der Waals surface area contributed by atoms with Crippen molar-refractivity contribution < 1.29 is 9.52 Å². The van der Waals surface area contributed by atoms with Crippen LogP contribution in [0.15, 0.2) is 38.0 Å². The van der Waals surface area contributed by atoms with Crippen LogP contribution < -0.4 is 10.9 Å². The van der Waals surface area contributed by atoms with Crippen molar-refractivity contribution in [3.05, 3.63) is 49.8 Å². The zero-order valence-corrected chi connectivity index (χ0v) is 16.2. The maximum atomic E-state index is 12.8. The summed E-state index contributed by atoms with van der Waals surface area (Å²) >= 11 is 9.66. The fraction of sp³-hybridized carbons (Fsp3) is 0.211. The van der Waals surface area contributed by atoms with Gasteiger partial charge in [0.15, 0.2) is 5.58 Å². The number of phenolic OH excluding ortho intramolecular Hbond substituents is 1. The molecule has 1 aliphatic heterocycles. The molecule has 0 spiro atoms. The van der Waals surface area contributed by atoms with Crippen molar-refractivity contribution in [2.24, 2.45) is 0 Å². The van der Waals surface area contributed by atoms with E-state index in [0.717, 1.165) is 16.8 Å². The third kappa shape index (κ3) is 2.37. The Labute approximate surface area is 157 Å². The van der Waals surface area contributed by atoms with Gasteiger partial charge in [0.25, 0.3) is 0 Å². The lowest BCUT2D eigenvalue weighted by atomic mass is 9.88. The summed E-state index contributed by atoms with van der Waals surface area (Å²) in [5, 5.41) is 15.3. The first-order chi connectivity index (χ1) is 11.7. The van der Waals surface area contributed by atoms with Crippen molar-refractivity contribution in [3.63, 3.8) is 0 Å². The molecular formula is C19H15BrClNO3. The Kier molecular flexibility index (Phi) is 3.47. The Balaban J connectivity index is 2.25. The molecule has 0 radical (unpaired) electrons. The summed E-state index contributed by atoms with van der Waals surface area (Å²) in [6.45, 7) is 6.11. The van der Waals surface area contributed by atoms with Gasteiger partial charge in [0.2, 0.25) is 0 Å². The average Bonchev–Trinajstić information content (AvgIpc) is 2.51. The molecule has 0 saturated heterocycles. The lowest BCUT2D eigenvalue weighted by molar-refractivity contribution is 0.475. The van der Waals surface area contributed by atoms with E-state index in [1.54, 1.807) is 0 Å². The minimum absolute atomic E-state index is 0.0690. The molecule has 4 rings (SSSR count). The standard InChI is InChI=1S/C19H15BrClNO3/c1-8-7-19(2,3)22-11-5-4-9-14(13(8)11)18(24)25-17-10(20)6-12(23)16(21)15(9)17/h4-7,22-23H,1-3H3. The second kappa shape index (κ2) is 5.26. The number of nitrogens with one attached hydrogen (secondary N) is 1. The molecule has 25 heavy (non-hydrogen) atoms. The van der Waals surface area contributed by atoms with E-state index in [1.807, 2.05) is 19.1 Å². The first-order valence-electron chi connectivity index (χ1n) is 7.78. The number of aromatic hydroxyl groups is 1. The van der Waals surface area contributed by atoms with Gasteiger partial charge in [-0.05, 0) is 54.4 Å². The van der Waals surface area contributed by atoms with E-state index in [9.17, 15) is 9.90 Å². The fourth-order valence-electron chi connectivity index (χ4n) is 3.61. The van der Waals surface area contributed by atoms with Crippen molar-refractivity contribution in [2.45, 2.75) is 26.3 Å². The van der Waals surface area contributed by atoms with Crippen LogP contribution in [0, 0.1) is 0 Å². The van der Waals surface area contributed by atoms with Crippen LogP contribution >= 0.6 is 27.5 Å². The number of rotatable bonds is 0. The second-order valence-corrected chi connectivity index (χ2v) is 8.10. The molecule has 2 heterocycles. The van der Waals surface area contributed by atoms with Gasteiger partial charge >= 0.3 is 5.63 Å². The van der Waals surface area contributed by atoms with Crippen LogP contribution in [0.25, 0.3) is 27.3 Å². The molecule has 0 saturated carbocycles. The largest absolute Gasteiger partial charge is 0.506 e. The van der Waals surface area contributed by atoms with Crippen molar-refractivity contribution >= 4 is 60.5 Å². The Morgan fingerprint density at radius 1 is 1.28 bits per heavy atom. The molecule has 0 atom stereocenters. The number of phenols is 1. The van der Waals surface area contributed by atoms with Crippen molar-refractivity contribution in [2.75, 3.05) is 5.32 Å². The Bertz CT molecular complexity index is 1160. The number of allylic oxidation sites excluding steroid dienone is 1. The average molecular weight is 421 g/mol. The highest BCUT2D eigenvalue weighted by atomic mass is 79.9. The number of benzene rings is 2. The normalized spacial score (nSPS) is 15.8. The van der Waals surface area contributed by atoms with E-state index >= 15 is 0 Å². The van der Waals surface area contributed by atoms with Gasteiger partial charge in [0, 0.05) is 22.0 Å². The van der Waals surface area contributed by atoms with E-state index in [0.29, 0.717) is 26.2 Å². The topological polar surface area (TPSA) is 62.5 Å². The zero-order chi connectivity index (χ0) is 18.1. The summed E-state index contributed by atoms with van der Waals surface area (Å²) in [5.41, 5.74) is 2.36. The predicted octanol–water partition coefficient (Wildman–Crippen LogP) is 5.68. The molecule has 2 aromatic carbocycles. The molecule has 1 aromatic heterocycles.